The predicted molar refractivity (Wildman–Crippen MR) is 115 cm³/mol. The Morgan fingerprint density at radius 2 is 1.63 bits per heavy atom. The first-order valence-electron chi connectivity index (χ1n) is 9.38. The van der Waals surface area contributed by atoms with Crippen LogP contribution in [0.5, 0.6) is 0 Å². The summed E-state index contributed by atoms with van der Waals surface area (Å²) in [6, 6.07) is 18.1. The Bertz CT molecular complexity index is 1030. The summed E-state index contributed by atoms with van der Waals surface area (Å²) >= 11 is 1.21. The molecular formula is C23H21NO5S. The molecule has 0 fully saturated rings. The van der Waals surface area contributed by atoms with E-state index in [0.29, 0.717) is 16.1 Å². The minimum atomic E-state index is -1.14. The number of anilines is 1. The highest BCUT2D eigenvalue weighted by molar-refractivity contribution is 7.15. The van der Waals surface area contributed by atoms with E-state index in [-0.39, 0.29) is 12.2 Å². The fourth-order valence-corrected chi connectivity index (χ4v) is 3.89. The number of hydrogen-bond acceptors (Lipinski definition) is 6. The number of nitrogens with one attached hydrogen (secondary N) is 1. The normalized spacial score (nSPS) is 11.4. The smallest absolute Gasteiger partial charge is 0.341 e. The second-order valence-electron chi connectivity index (χ2n) is 6.33. The van der Waals surface area contributed by atoms with Gasteiger partial charge in [-0.2, -0.15) is 0 Å². The monoisotopic (exact) mass is 423 g/mol. The van der Waals surface area contributed by atoms with E-state index in [0.717, 1.165) is 5.56 Å². The zero-order chi connectivity index (χ0) is 21.5. The van der Waals surface area contributed by atoms with Crippen molar-refractivity contribution in [1.29, 1.82) is 0 Å². The van der Waals surface area contributed by atoms with Crippen molar-refractivity contribution >= 4 is 34.2 Å². The zero-order valence-corrected chi connectivity index (χ0v) is 17.4. The molecule has 0 unspecified atom stereocenters. The molecule has 0 aliphatic rings. The third kappa shape index (κ3) is 4.93. The van der Waals surface area contributed by atoms with Gasteiger partial charge in [-0.3, -0.25) is 9.59 Å². The van der Waals surface area contributed by atoms with Crippen LogP contribution < -0.4 is 5.32 Å². The first-order chi connectivity index (χ1) is 14.5. The van der Waals surface area contributed by atoms with Crippen molar-refractivity contribution in [3.63, 3.8) is 0 Å². The van der Waals surface area contributed by atoms with E-state index in [4.69, 9.17) is 9.47 Å². The first-order valence-corrected chi connectivity index (χ1v) is 10.3. The van der Waals surface area contributed by atoms with E-state index in [2.05, 4.69) is 5.32 Å². The summed E-state index contributed by atoms with van der Waals surface area (Å²) in [5.74, 6) is -1.67. The summed E-state index contributed by atoms with van der Waals surface area (Å²) in [6.45, 7) is 3.17. The summed E-state index contributed by atoms with van der Waals surface area (Å²) in [5, 5.41) is 4.88. The first kappa shape index (κ1) is 21.3. The number of thiophene rings is 1. The second kappa shape index (κ2) is 9.84. The van der Waals surface area contributed by atoms with Crippen LogP contribution >= 0.6 is 11.3 Å². The predicted octanol–water partition coefficient (Wildman–Crippen LogP) is 4.83. The molecule has 1 atom stereocenters. The molecule has 7 heteroatoms. The Labute approximate surface area is 178 Å². The Balaban J connectivity index is 1.96. The lowest BCUT2D eigenvalue weighted by atomic mass is 10.0. The van der Waals surface area contributed by atoms with E-state index in [9.17, 15) is 14.4 Å². The van der Waals surface area contributed by atoms with Crippen LogP contribution in [-0.4, -0.2) is 24.5 Å². The molecule has 0 aliphatic carbocycles. The number of carbonyl (C=O) groups is 3. The van der Waals surface area contributed by atoms with Gasteiger partial charge in [-0.25, -0.2) is 4.79 Å². The molecule has 0 saturated heterocycles. The van der Waals surface area contributed by atoms with E-state index >= 15 is 0 Å². The van der Waals surface area contributed by atoms with E-state index in [1.807, 2.05) is 30.3 Å². The molecule has 1 amide bonds. The lowest BCUT2D eigenvalue weighted by Gasteiger charge is -2.17. The molecule has 154 valence electrons. The highest BCUT2D eigenvalue weighted by Crippen LogP contribution is 2.37. The number of rotatable bonds is 7. The molecule has 0 radical (unpaired) electrons. The SMILES string of the molecule is CCOC(=O)c1c(-c2ccccc2)csc1NC(=O)[C@H](OC(C)=O)c1ccccc1. The third-order valence-electron chi connectivity index (χ3n) is 4.22. The van der Waals surface area contributed by atoms with Crippen LogP contribution in [0.3, 0.4) is 0 Å². The molecular weight excluding hydrogens is 402 g/mol. The Hall–Kier alpha value is -3.45. The standard InChI is InChI=1S/C23H21NO5S/c1-3-28-23(27)19-18(16-10-6-4-7-11-16)14-30-22(19)24-21(26)20(29-15(2)25)17-12-8-5-9-13-17/h4-14,20H,3H2,1-2H3,(H,24,26)/t20-/m1/s1. The van der Waals surface area contributed by atoms with Crippen molar-refractivity contribution < 1.29 is 23.9 Å². The number of benzene rings is 2. The molecule has 3 aromatic rings. The average molecular weight is 423 g/mol. The van der Waals surface area contributed by atoms with E-state index in [1.54, 1.807) is 42.6 Å². The van der Waals surface area contributed by atoms with Gasteiger partial charge in [-0.05, 0) is 12.5 Å². The molecule has 0 saturated carbocycles. The van der Waals surface area contributed by atoms with E-state index in [1.165, 1.54) is 18.3 Å². The van der Waals surface area contributed by atoms with Gasteiger partial charge in [0.1, 0.15) is 10.6 Å². The van der Waals surface area contributed by atoms with Gasteiger partial charge in [0.2, 0.25) is 6.10 Å². The largest absolute Gasteiger partial charge is 0.462 e. The third-order valence-corrected chi connectivity index (χ3v) is 5.11. The molecule has 0 bridgehead atoms. The Kier molecular flexibility index (Phi) is 6.98. The van der Waals surface area contributed by atoms with Crippen LogP contribution in [0.4, 0.5) is 5.00 Å². The van der Waals surface area contributed by atoms with Gasteiger partial charge in [-0.15, -0.1) is 11.3 Å². The summed E-state index contributed by atoms with van der Waals surface area (Å²) in [4.78, 5) is 37.2. The fourth-order valence-electron chi connectivity index (χ4n) is 2.93. The summed E-state index contributed by atoms with van der Waals surface area (Å²) in [5.41, 5.74) is 2.30. The van der Waals surface area contributed by atoms with Crippen LogP contribution in [0.25, 0.3) is 11.1 Å². The van der Waals surface area contributed by atoms with Crippen molar-refractivity contribution in [2.75, 3.05) is 11.9 Å². The highest BCUT2D eigenvalue weighted by atomic mass is 32.1. The van der Waals surface area contributed by atoms with Crippen molar-refractivity contribution in [3.05, 3.63) is 77.2 Å². The van der Waals surface area contributed by atoms with Crippen molar-refractivity contribution in [3.8, 4) is 11.1 Å². The quantitative estimate of drug-likeness (QED) is 0.550. The van der Waals surface area contributed by atoms with Gasteiger partial charge in [0.05, 0.1) is 6.61 Å². The summed E-state index contributed by atoms with van der Waals surface area (Å²) in [7, 11) is 0. The van der Waals surface area contributed by atoms with Crippen LogP contribution in [0, 0.1) is 0 Å². The minimum Gasteiger partial charge on any atom is -0.462 e. The lowest BCUT2D eigenvalue weighted by Crippen LogP contribution is -2.25. The fraction of sp³-hybridized carbons (Fsp3) is 0.174. The number of hydrogen-bond donors (Lipinski definition) is 1. The van der Waals surface area contributed by atoms with Crippen LogP contribution in [0.15, 0.2) is 66.0 Å². The molecule has 0 aliphatic heterocycles. The maximum Gasteiger partial charge on any atom is 0.341 e. The maximum absolute atomic E-state index is 13.0. The molecule has 1 N–H and O–H groups in total. The van der Waals surface area contributed by atoms with Crippen molar-refractivity contribution in [2.45, 2.75) is 20.0 Å². The van der Waals surface area contributed by atoms with Gasteiger partial charge in [0.15, 0.2) is 0 Å². The molecule has 0 spiro atoms. The van der Waals surface area contributed by atoms with Gasteiger partial charge >= 0.3 is 11.9 Å². The zero-order valence-electron chi connectivity index (χ0n) is 16.6. The van der Waals surface area contributed by atoms with Gasteiger partial charge in [0, 0.05) is 23.4 Å². The van der Waals surface area contributed by atoms with Crippen LogP contribution in [0.2, 0.25) is 0 Å². The molecule has 6 nitrogen and oxygen atoms in total. The number of amides is 1. The molecule has 30 heavy (non-hydrogen) atoms. The highest BCUT2D eigenvalue weighted by Gasteiger charge is 2.28. The topological polar surface area (TPSA) is 81.7 Å². The Morgan fingerprint density at radius 1 is 1.00 bits per heavy atom. The molecule has 2 aromatic carbocycles. The Morgan fingerprint density at radius 3 is 2.23 bits per heavy atom. The minimum absolute atomic E-state index is 0.205. The molecule has 3 rings (SSSR count). The number of carbonyl (C=O) groups excluding carboxylic acids is 3. The molecule has 1 heterocycles. The van der Waals surface area contributed by atoms with Gasteiger partial charge in [0.25, 0.3) is 5.91 Å². The number of esters is 2. The maximum atomic E-state index is 13.0. The molecule has 1 aromatic heterocycles. The van der Waals surface area contributed by atoms with Crippen molar-refractivity contribution in [1.82, 2.24) is 0 Å². The van der Waals surface area contributed by atoms with Crippen LogP contribution in [0.1, 0.15) is 35.9 Å². The van der Waals surface area contributed by atoms with E-state index < -0.39 is 23.9 Å². The average Bonchev–Trinajstić information content (AvgIpc) is 3.17. The lowest BCUT2D eigenvalue weighted by molar-refractivity contribution is -0.152. The van der Waals surface area contributed by atoms with Gasteiger partial charge in [-0.1, -0.05) is 60.7 Å². The van der Waals surface area contributed by atoms with Gasteiger partial charge < -0.3 is 14.8 Å². The van der Waals surface area contributed by atoms with Crippen molar-refractivity contribution in [2.24, 2.45) is 0 Å². The summed E-state index contributed by atoms with van der Waals surface area (Å²) in [6.07, 6.45) is -1.14. The van der Waals surface area contributed by atoms with Crippen LogP contribution in [-0.2, 0) is 19.1 Å². The summed E-state index contributed by atoms with van der Waals surface area (Å²) < 4.78 is 10.5. The number of ether oxygens (including phenoxy) is 2. The second-order valence-corrected chi connectivity index (χ2v) is 7.21.